The first-order valence-electron chi connectivity index (χ1n) is 4.67. The van der Waals surface area contributed by atoms with Gasteiger partial charge in [-0.2, -0.15) is 13.2 Å². The molecule has 0 aromatic heterocycles. The predicted octanol–water partition coefficient (Wildman–Crippen LogP) is 0.503. The Kier molecular flexibility index (Phi) is 4.19. The second kappa shape index (κ2) is 5.20. The highest BCUT2D eigenvalue weighted by Gasteiger charge is 2.27. The Morgan fingerprint density at radius 2 is 2.33 bits per heavy atom. The van der Waals surface area contributed by atoms with E-state index < -0.39 is 12.8 Å². The number of guanidine groups is 1. The second-order valence-corrected chi connectivity index (χ2v) is 3.33. The van der Waals surface area contributed by atoms with Crippen molar-refractivity contribution in [3.05, 3.63) is 0 Å². The van der Waals surface area contributed by atoms with Crippen molar-refractivity contribution < 1.29 is 17.9 Å². The van der Waals surface area contributed by atoms with E-state index in [0.717, 1.165) is 0 Å². The Balaban J connectivity index is 1.98. The normalized spacial score (nSPS) is 21.1. The maximum atomic E-state index is 11.7. The van der Waals surface area contributed by atoms with E-state index in [9.17, 15) is 13.2 Å². The lowest BCUT2D eigenvalue weighted by atomic mass is 10.4. The molecule has 0 amide bonds. The molecule has 1 unspecified atom stereocenters. The van der Waals surface area contributed by atoms with Crippen LogP contribution in [0.15, 0.2) is 4.99 Å². The summed E-state index contributed by atoms with van der Waals surface area (Å²) < 4.78 is 39.4. The molecule has 0 fully saturated rings. The van der Waals surface area contributed by atoms with Crippen molar-refractivity contribution in [3.8, 4) is 0 Å². The van der Waals surface area contributed by atoms with Crippen molar-refractivity contribution in [1.29, 1.82) is 0 Å². The zero-order valence-electron chi connectivity index (χ0n) is 8.40. The van der Waals surface area contributed by atoms with Gasteiger partial charge in [0.05, 0.1) is 13.2 Å². The van der Waals surface area contributed by atoms with Gasteiger partial charge in [0.15, 0.2) is 5.96 Å². The van der Waals surface area contributed by atoms with Gasteiger partial charge in [-0.15, -0.1) is 0 Å². The highest BCUT2D eigenvalue weighted by atomic mass is 19.4. The largest absolute Gasteiger partial charge is 0.411 e. The molecule has 0 spiro atoms. The molecule has 7 heteroatoms. The van der Waals surface area contributed by atoms with Gasteiger partial charge in [0.2, 0.25) is 0 Å². The number of hydrogen-bond acceptors (Lipinski definition) is 4. The van der Waals surface area contributed by atoms with E-state index >= 15 is 0 Å². The Labute approximate surface area is 85.9 Å². The van der Waals surface area contributed by atoms with Crippen molar-refractivity contribution in [2.75, 3.05) is 26.3 Å². The van der Waals surface area contributed by atoms with Crippen LogP contribution < -0.4 is 10.6 Å². The minimum atomic E-state index is -4.25. The third-order valence-corrected chi connectivity index (χ3v) is 1.71. The van der Waals surface area contributed by atoms with Gasteiger partial charge in [-0.1, -0.05) is 0 Å². The van der Waals surface area contributed by atoms with Crippen LogP contribution in [0.2, 0.25) is 0 Å². The third-order valence-electron chi connectivity index (χ3n) is 1.71. The molecule has 15 heavy (non-hydrogen) atoms. The van der Waals surface area contributed by atoms with Crippen LogP contribution in [0.1, 0.15) is 6.92 Å². The number of nitrogens with one attached hydrogen (secondary N) is 2. The van der Waals surface area contributed by atoms with E-state index in [4.69, 9.17) is 0 Å². The summed E-state index contributed by atoms with van der Waals surface area (Å²) in [6.45, 7) is 1.78. The predicted molar refractivity (Wildman–Crippen MR) is 49.8 cm³/mol. The molecule has 4 nitrogen and oxygen atoms in total. The van der Waals surface area contributed by atoms with E-state index in [1.807, 2.05) is 6.92 Å². The van der Waals surface area contributed by atoms with Crippen molar-refractivity contribution in [3.63, 3.8) is 0 Å². The van der Waals surface area contributed by atoms with Crippen molar-refractivity contribution >= 4 is 5.96 Å². The van der Waals surface area contributed by atoms with Crippen LogP contribution in [-0.4, -0.2) is 44.5 Å². The molecule has 0 saturated heterocycles. The third kappa shape index (κ3) is 5.46. The molecule has 1 rings (SSSR count). The van der Waals surface area contributed by atoms with Crippen molar-refractivity contribution in [1.82, 2.24) is 10.6 Å². The van der Waals surface area contributed by atoms with Gasteiger partial charge in [-0.25, -0.2) is 0 Å². The molecule has 0 aromatic carbocycles. The topological polar surface area (TPSA) is 45.7 Å². The number of nitrogens with zero attached hydrogens (tertiary/aromatic N) is 1. The average molecular weight is 225 g/mol. The first-order valence-corrected chi connectivity index (χ1v) is 4.67. The van der Waals surface area contributed by atoms with E-state index in [2.05, 4.69) is 20.4 Å². The van der Waals surface area contributed by atoms with Crippen LogP contribution in [0.5, 0.6) is 0 Å². The maximum absolute atomic E-state index is 11.7. The molecule has 0 radical (unpaired) electrons. The molecule has 1 atom stereocenters. The van der Waals surface area contributed by atoms with Gasteiger partial charge in [0, 0.05) is 12.6 Å². The molecule has 0 saturated carbocycles. The molecule has 88 valence electrons. The van der Waals surface area contributed by atoms with Gasteiger partial charge >= 0.3 is 6.18 Å². The van der Waals surface area contributed by atoms with E-state index in [-0.39, 0.29) is 12.6 Å². The lowest BCUT2D eigenvalue weighted by Gasteiger charge is -2.10. The standard InChI is InChI=1S/C8H14F3N3O/c1-6-4-13-7(14-6)12-2-3-15-5-8(9,10)11/h6H,2-5H2,1H3,(H2,12,13,14). The lowest BCUT2D eigenvalue weighted by molar-refractivity contribution is -0.173. The monoisotopic (exact) mass is 225 g/mol. The summed E-state index contributed by atoms with van der Waals surface area (Å²) >= 11 is 0. The molecule has 1 heterocycles. The quantitative estimate of drug-likeness (QED) is 0.685. The van der Waals surface area contributed by atoms with Crippen LogP contribution in [0, 0.1) is 0 Å². The van der Waals surface area contributed by atoms with Gasteiger partial charge in [-0.05, 0) is 6.92 Å². The molecule has 2 N–H and O–H groups in total. The fourth-order valence-electron chi connectivity index (χ4n) is 1.09. The number of hydrogen-bond donors (Lipinski definition) is 2. The Bertz CT molecular complexity index is 230. The molecule has 1 aliphatic rings. The zero-order chi connectivity index (χ0) is 11.3. The molecule has 0 aliphatic carbocycles. The number of aliphatic imine (C=N–C) groups is 1. The first kappa shape index (κ1) is 12.1. The Hall–Kier alpha value is -0.980. The van der Waals surface area contributed by atoms with Crippen LogP contribution in [0.25, 0.3) is 0 Å². The fraction of sp³-hybridized carbons (Fsp3) is 0.875. The van der Waals surface area contributed by atoms with E-state index in [0.29, 0.717) is 19.0 Å². The summed E-state index contributed by atoms with van der Waals surface area (Å²) in [6.07, 6.45) is -4.25. The molecule has 1 aliphatic heterocycles. The Morgan fingerprint density at radius 1 is 1.60 bits per heavy atom. The first-order chi connectivity index (χ1) is 6.97. The summed E-state index contributed by atoms with van der Waals surface area (Å²) in [4.78, 5) is 4.08. The van der Waals surface area contributed by atoms with Crippen LogP contribution >= 0.6 is 0 Å². The number of alkyl halides is 3. The molecule has 0 bridgehead atoms. The van der Waals surface area contributed by atoms with Crippen LogP contribution in [0.3, 0.4) is 0 Å². The van der Waals surface area contributed by atoms with Gasteiger partial charge in [-0.3, -0.25) is 4.99 Å². The van der Waals surface area contributed by atoms with Crippen molar-refractivity contribution in [2.24, 2.45) is 4.99 Å². The van der Waals surface area contributed by atoms with E-state index in [1.165, 1.54) is 0 Å². The van der Waals surface area contributed by atoms with Gasteiger partial charge < -0.3 is 15.4 Å². The van der Waals surface area contributed by atoms with Gasteiger partial charge in [0.1, 0.15) is 6.61 Å². The number of rotatable bonds is 4. The lowest BCUT2D eigenvalue weighted by Crippen LogP contribution is -2.39. The summed E-state index contributed by atoms with van der Waals surface area (Å²) in [5.74, 6) is 0.623. The molecule has 0 aromatic rings. The molecular formula is C8H14F3N3O. The SMILES string of the molecule is CC1CN=C(NCCOCC(F)(F)F)N1. The summed E-state index contributed by atoms with van der Waals surface area (Å²) in [5.41, 5.74) is 0. The van der Waals surface area contributed by atoms with Gasteiger partial charge in [0.25, 0.3) is 0 Å². The molecular weight excluding hydrogens is 211 g/mol. The highest BCUT2D eigenvalue weighted by Crippen LogP contribution is 2.13. The summed E-state index contributed by atoms with van der Waals surface area (Å²) in [7, 11) is 0. The fourth-order valence-corrected chi connectivity index (χ4v) is 1.09. The maximum Gasteiger partial charge on any atom is 0.411 e. The minimum Gasteiger partial charge on any atom is -0.370 e. The summed E-state index contributed by atoms with van der Waals surface area (Å²) in [6, 6.07) is 0.281. The zero-order valence-corrected chi connectivity index (χ0v) is 8.40. The van der Waals surface area contributed by atoms with Crippen LogP contribution in [0.4, 0.5) is 13.2 Å². The summed E-state index contributed by atoms with van der Waals surface area (Å²) in [5, 5.41) is 5.87. The second-order valence-electron chi connectivity index (χ2n) is 3.33. The average Bonchev–Trinajstić information content (AvgIpc) is 2.49. The Morgan fingerprint density at radius 3 is 2.87 bits per heavy atom. The van der Waals surface area contributed by atoms with Crippen LogP contribution in [-0.2, 0) is 4.74 Å². The minimum absolute atomic E-state index is 0.00852. The number of ether oxygens (including phenoxy) is 1. The van der Waals surface area contributed by atoms with E-state index in [1.54, 1.807) is 0 Å². The number of halogens is 3. The van der Waals surface area contributed by atoms with Crippen molar-refractivity contribution in [2.45, 2.75) is 19.1 Å². The highest BCUT2D eigenvalue weighted by molar-refractivity contribution is 5.81. The smallest absolute Gasteiger partial charge is 0.370 e.